The molecule has 0 aliphatic heterocycles. The number of hydrogen-bond donors (Lipinski definition) is 1. The van der Waals surface area contributed by atoms with Crippen molar-refractivity contribution in [1.82, 2.24) is 0 Å². The maximum atomic E-state index is 10.5. The molecular weight excluding hydrogens is 514 g/mol. The maximum Gasteiger partial charge on any atom is 0.335 e. The van der Waals surface area contributed by atoms with Gasteiger partial charge in [-0.05, 0) is 37.3 Å². The van der Waals surface area contributed by atoms with Crippen molar-refractivity contribution in [2.75, 3.05) is 12.3 Å². The number of nitrogens with zero attached hydrogens (tertiary/aromatic N) is 2. The van der Waals surface area contributed by atoms with E-state index in [1.54, 1.807) is 6.07 Å². The van der Waals surface area contributed by atoms with E-state index in [0.717, 1.165) is 18.2 Å². The fourth-order valence-electron chi connectivity index (χ4n) is 1.20. The summed E-state index contributed by atoms with van der Waals surface area (Å²) in [5, 5.41) is 27.5. The van der Waals surface area contributed by atoms with Crippen molar-refractivity contribution in [2.45, 2.75) is 12.8 Å². The van der Waals surface area contributed by atoms with Gasteiger partial charge in [-0.25, -0.2) is 4.79 Å². The van der Waals surface area contributed by atoms with Crippen LogP contribution in [-0.4, -0.2) is 28.3 Å². The van der Waals surface area contributed by atoms with Crippen LogP contribution in [0.15, 0.2) is 18.2 Å². The van der Waals surface area contributed by atoms with Crippen LogP contribution in [-0.2, 0) is 20.1 Å². The molecule has 0 aliphatic rings. The number of hydrogen-bond acceptors (Lipinski definition) is 4. The first-order valence-electron chi connectivity index (χ1n) is 5.79. The summed E-state index contributed by atoms with van der Waals surface area (Å²) in [6.45, 7) is 0. The largest absolute Gasteiger partial charge is 0.478 e. The number of benzene rings is 1. The molecule has 0 bridgehead atoms. The van der Waals surface area contributed by atoms with Gasteiger partial charge in [-0.3, -0.25) is 10.1 Å². The SMILES string of the molecule is N#Cc1ccc(C(=O)O)cc1[N+](=O)[O-].PCCCCP.[CH3-].[CH3-].[Ir]. The maximum absolute atomic E-state index is 10.5. The van der Waals surface area contributed by atoms with Gasteiger partial charge < -0.3 is 20.0 Å². The van der Waals surface area contributed by atoms with Crippen molar-refractivity contribution < 1.29 is 34.9 Å². The minimum atomic E-state index is -1.27. The second-order valence-corrected chi connectivity index (χ2v) is 4.85. The first-order valence-corrected chi connectivity index (χ1v) is 7.43. The molecule has 0 fully saturated rings. The number of aromatic carboxylic acids is 1. The van der Waals surface area contributed by atoms with E-state index < -0.39 is 16.6 Å². The number of nitriles is 1. The molecule has 0 saturated heterocycles. The molecule has 2 atom stereocenters. The Morgan fingerprint density at radius 1 is 1.26 bits per heavy atom. The number of carbonyl (C=O) groups is 1. The summed E-state index contributed by atoms with van der Waals surface area (Å²) >= 11 is 0. The van der Waals surface area contributed by atoms with Crippen LogP contribution in [0, 0.1) is 36.3 Å². The van der Waals surface area contributed by atoms with Gasteiger partial charge >= 0.3 is 5.97 Å². The van der Waals surface area contributed by atoms with Crippen LogP contribution in [0.5, 0.6) is 0 Å². The molecule has 0 spiro atoms. The van der Waals surface area contributed by atoms with Gasteiger partial charge in [0.15, 0.2) is 0 Å². The van der Waals surface area contributed by atoms with Crippen LogP contribution in [0.1, 0.15) is 28.8 Å². The third kappa shape index (κ3) is 12.2. The fourth-order valence-corrected chi connectivity index (χ4v) is 1.78. The Balaban J connectivity index is -0.000000176. The minimum Gasteiger partial charge on any atom is -0.478 e. The van der Waals surface area contributed by atoms with Gasteiger partial charge in [0.2, 0.25) is 0 Å². The van der Waals surface area contributed by atoms with E-state index in [2.05, 4.69) is 18.5 Å². The molecular formula is C14H22IrN2O4P2-2. The zero-order chi connectivity index (χ0) is 15.5. The molecule has 9 heteroatoms. The third-order valence-electron chi connectivity index (χ3n) is 2.22. The number of rotatable bonds is 5. The summed E-state index contributed by atoms with van der Waals surface area (Å²) in [6.07, 6.45) is 5.23. The van der Waals surface area contributed by atoms with Gasteiger partial charge in [-0.1, -0.05) is 0 Å². The van der Waals surface area contributed by atoms with Crippen molar-refractivity contribution in [1.29, 1.82) is 5.26 Å². The molecule has 23 heavy (non-hydrogen) atoms. The number of unbranched alkanes of at least 4 members (excludes halogenated alkanes) is 1. The van der Waals surface area contributed by atoms with Crippen LogP contribution < -0.4 is 0 Å². The van der Waals surface area contributed by atoms with Gasteiger partial charge in [-0.15, -0.1) is 18.5 Å². The van der Waals surface area contributed by atoms with Crippen molar-refractivity contribution in [3.8, 4) is 6.07 Å². The zero-order valence-corrected chi connectivity index (χ0v) is 17.8. The molecule has 133 valence electrons. The molecule has 6 nitrogen and oxygen atoms in total. The minimum absolute atomic E-state index is 0. The molecule has 1 radical (unpaired) electrons. The standard InChI is InChI=1S/C8H4N2O4.C4H12P2.2CH3.Ir/c9-4-6-2-1-5(8(11)12)3-7(6)10(13)14;5-3-1-2-4-6;;;/h1-3H,(H,11,12);1-6H2;2*1H3;/q;;2*-1;. The van der Waals surface area contributed by atoms with E-state index in [9.17, 15) is 14.9 Å². The first-order chi connectivity index (χ1) is 9.47. The van der Waals surface area contributed by atoms with Crippen molar-refractivity contribution >= 4 is 30.1 Å². The molecule has 2 unspecified atom stereocenters. The van der Waals surface area contributed by atoms with E-state index in [1.165, 1.54) is 25.2 Å². The predicted molar refractivity (Wildman–Crippen MR) is 96.0 cm³/mol. The zero-order valence-electron chi connectivity index (χ0n) is 13.1. The van der Waals surface area contributed by atoms with E-state index in [1.807, 2.05) is 0 Å². The van der Waals surface area contributed by atoms with Crippen LogP contribution in [0.25, 0.3) is 0 Å². The van der Waals surface area contributed by atoms with Crippen LogP contribution >= 0.6 is 18.5 Å². The first kappa shape index (κ1) is 30.0. The van der Waals surface area contributed by atoms with Gasteiger partial charge in [0.25, 0.3) is 5.69 Å². The average Bonchev–Trinajstić information content (AvgIpc) is 2.44. The van der Waals surface area contributed by atoms with Gasteiger partial charge in [0.1, 0.15) is 11.6 Å². The number of carboxylic acid groups (broad SMARTS) is 1. The predicted octanol–water partition coefficient (Wildman–Crippen LogP) is 3.58. The van der Waals surface area contributed by atoms with Crippen molar-refractivity contribution in [3.63, 3.8) is 0 Å². The molecule has 0 saturated carbocycles. The summed E-state index contributed by atoms with van der Waals surface area (Å²) in [5.74, 6) is -1.27. The van der Waals surface area contributed by atoms with E-state index in [4.69, 9.17) is 10.4 Å². The number of carboxylic acids is 1. The van der Waals surface area contributed by atoms with Crippen LogP contribution in [0.4, 0.5) is 5.69 Å². The van der Waals surface area contributed by atoms with Crippen LogP contribution in [0.3, 0.4) is 0 Å². The summed E-state index contributed by atoms with van der Waals surface area (Å²) in [5.41, 5.74) is -0.858. The van der Waals surface area contributed by atoms with Gasteiger partial charge in [-0.2, -0.15) is 5.26 Å². The monoisotopic (exact) mass is 537 g/mol. The second kappa shape index (κ2) is 17.4. The molecule has 0 amide bonds. The summed E-state index contributed by atoms with van der Waals surface area (Å²) in [6, 6.07) is 4.73. The summed E-state index contributed by atoms with van der Waals surface area (Å²) < 4.78 is 0. The topological polar surface area (TPSA) is 104 Å². The van der Waals surface area contributed by atoms with E-state index >= 15 is 0 Å². The Kier molecular flexibility index (Phi) is 22.8. The molecule has 0 heterocycles. The smallest absolute Gasteiger partial charge is 0.335 e. The fraction of sp³-hybridized carbons (Fsp3) is 0.286. The van der Waals surface area contributed by atoms with E-state index in [0.29, 0.717) is 0 Å². The van der Waals surface area contributed by atoms with Crippen LogP contribution in [0.2, 0.25) is 0 Å². The Morgan fingerprint density at radius 3 is 2.04 bits per heavy atom. The molecule has 0 aliphatic carbocycles. The average molecular weight is 537 g/mol. The molecule has 1 aromatic rings. The molecule has 1 N–H and O–H groups in total. The van der Waals surface area contributed by atoms with Gasteiger partial charge in [0.05, 0.1) is 10.5 Å². The normalized spacial score (nSPS) is 7.87. The Labute approximate surface area is 156 Å². The quantitative estimate of drug-likeness (QED) is 0.204. The Hall–Kier alpha value is -0.911. The molecule has 1 rings (SSSR count). The number of nitro benzene ring substituents is 1. The second-order valence-electron chi connectivity index (χ2n) is 3.69. The summed E-state index contributed by atoms with van der Waals surface area (Å²) in [4.78, 5) is 20.1. The Morgan fingerprint density at radius 2 is 1.74 bits per heavy atom. The molecule has 1 aromatic carbocycles. The summed E-state index contributed by atoms with van der Waals surface area (Å²) in [7, 11) is 5.44. The van der Waals surface area contributed by atoms with E-state index in [-0.39, 0.29) is 46.1 Å². The molecule has 0 aromatic heterocycles. The third-order valence-corrected chi connectivity index (χ3v) is 3.04. The Bertz CT molecular complexity index is 518. The van der Waals surface area contributed by atoms with Gasteiger partial charge in [0, 0.05) is 26.2 Å². The van der Waals surface area contributed by atoms with Crippen molar-refractivity contribution in [2.24, 2.45) is 0 Å². The van der Waals surface area contributed by atoms with Crippen molar-refractivity contribution in [3.05, 3.63) is 54.3 Å². The number of nitro groups is 1.